The molecule has 0 fully saturated rings. The maximum absolute atomic E-state index is 2.43. The van der Waals surface area contributed by atoms with Crippen LogP contribution in [0.25, 0.3) is 60.5 Å². The fourth-order valence-electron chi connectivity index (χ4n) is 8.49. The van der Waals surface area contributed by atoms with Crippen molar-refractivity contribution in [1.82, 2.24) is 4.57 Å². The fourth-order valence-corrected chi connectivity index (χ4v) is 8.49. The maximum atomic E-state index is 2.43. The van der Waals surface area contributed by atoms with Crippen molar-refractivity contribution in [2.45, 2.75) is 19.3 Å². The smallest absolute Gasteiger partial charge is 0.0542 e. The average molecular weight is 653 g/mol. The maximum Gasteiger partial charge on any atom is 0.0542 e. The molecule has 0 saturated carbocycles. The molecule has 1 aliphatic rings. The van der Waals surface area contributed by atoms with Crippen molar-refractivity contribution in [2.75, 3.05) is 4.90 Å². The molecule has 0 aliphatic heterocycles. The molecule has 2 heteroatoms. The summed E-state index contributed by atoms with van der Waals surface area (Å²) in [6, 6.07) is 66.6. The normalized spacial score (nSPS) is 13.1. The molecule has 10 rings (SSSR count). The monoisotopic (exact) mass is 652 g/mol. The van der Waals surface area contributed by atoms with Crippen molar-refractivity contribution >= 4 is 49.6 Å². The first kappa shape index (κ1) is 29.5. The first-order valence-corrected chi connectivity index (χ1v) is 17.8. The van der Waals surface area contributed by atoms with Crippen molar-refractivity contribution < 1.29 is 0 Å². The van der Waals surface area contributed by atoms with Gasteiger partial charge >= 0.3 is 0 Å². The van der Waals surface area contributed by atoms with Crippen LogP contribution in [0.1, 0.15) is 25.0 Å². The first-order valence-electron chi connectivity index (χ1n) is 17.8. The molecule has 1 aromatic heterocycles. The van der Waals surface area contributed by atoms with Crippen molar-refractivity contribution in [3.05, 3.63) is 193 Å². The highest BCUT2D eigenvalue weighted by atomic mass is 15.1. The van der Waals surface area contributed by atoms with Gasteiger partial charge in [0.15, 0.2) is 0 Å². The lowest BCUT2D eigenvalue weighted by Crippen LogP contribution is -2.15. The third-order valence-corrected chi connectivity index (χ3v) is 11.0. The van der Waals surface area contributed by atoms with Crippen LogP contribution in [0.4, 0.5) is 17.1 Å². The van der Waals surface area contributed by atoms with Gasteiger partial charge in [0.1, 0.15) is 0 Å². The Morgan fingerprint density at radius 2 is 1.02 bits per heavy atom. The highest BCUT2D eigenvalue weighted by Gasteiger charge is 2.35. The summed E-state index contributed by atoms with van der Waals surface area (Å²) in [5.74, 6) is 0. The number of rotatable bonds is 5. The van der Waals surface area contributed by atoms with Crippen LogP contribution in [0.15, 0.2) is 182 Å². The van der Waals surface area contributed by atoms with Gasteiger partial charge in [-0.05, 0) is 93.4 Å². The molecule has 0 bridgehead atoms. The van der Waals surface area contributed by atoms with Crippen molar-refractivity contribution in [2.24, 2.45) is 0 Å². The Hall–Kier alpha value is -6.38. The van der Waals surface area contributed by atoms with Gasteiger partial charge in [-0.25, -0.2) is 0 Å². The Balaban J connectivity index is 1.19. The molecule has 0 spiro atoms. The van der Waals surface area contributed by atoms with Crippen molar-refractivity contribution in [3.63, 3.8) is 0 Å². The van der Waals surface area contributed by atoms with Gasteiger partial charge in [0.05, 0.1) is 16.7 Å². The number of nitrogens with zero attached hydrogens (tertiary/aromatic N) is 2. The van der Waals surface area contributed by atoms with Gasteiger partial charge in [-0.2, -0.15) is 0 Å². The van der Waals surface area contributed by atoms with Crippen molar-refractivity contribution in [3.8, 4) is 27.9 Å². The molecule has 242 valence electrons. The molecule has 51 heavy (non-hydrogen) atoms. The van der Waals surface area contributed by atoms with Gasteiger partial charge in [-0.3, -0.25) is 0 Å². The van der Waals surface area contributed by atoms with Crippen molar-refractivity contribution in [1.29, 1.82) is 0 Å². The summed E-state index contributed by atoms with van der Waals surface area (Å²) in [5.41, 5.74) is 14.8. The van der Waals surface area contributed by atoms with E-state index in [1.165, 1.54) is 71.6 Å². The van der Waals surface area contributed by atoms with Crippen LogP contribution in [-0.4, -0.2) is 4.57 Å². The van der Waals surface area contributed by atoms with Crippen LogP contribution in [-0.2, 0) is 5.41 Å². The molecule has 8 aromatic carbocycles. The number of benzene rings is 8. The van der Waals surface area contributed by atoms with E-state index in [0.717, 1.165) is 17.1 Å². The van der Waals surface area contributed by atoms with Crippen LogP contribution in [0.5, 0.6) is 0 Å². The first-order chi connectivity index (χ1) is 25.1. The molecule has 0 atom stereocenters. The minimum Gasteiger partial charge on any atom is -0.310 e. The third-order valence-electron chi connectivity index (χ3n) is 11.0. The van der Waals surface area contributed by atoms with E-state index in [-0.39, 0.29) is 5.41 Å². The standard InChI is InChI=1S/C49H36N2/c1-49(2)44-20-10-8-18-40(44)42-31-37(27-29-45(42)49)50(36-25-23-34(24-26-36)33-13-4-3-5-14-33)38-28-30-48-43(32-38)41-19-9-11-21-47(41)51(48)46-22-12-16-35-15-6-7-17-39(35)46/h3-32H,1-2H3. The Kier molecular flexibility index (Phi) is 6.56. The number of anilines is 3. The highest BCUT2D eigenvalue weighted by molar-refractivity contribution is 6.12. The molecular formula is C49H36N2. The van der Waals surface area contributed by atoms with Crippen LogP contribution >= 0.6 is 0 Å². The van der Waals surface area contributed by atoms with E-state index in [9.17, 15) is 0 Å². The molecule has 0 saturated heterocycles. The second kappa shape index (κ2) is 11.3. The Morgan fingerprint density at radius 1 is 0.412 bits per heavy atom. The van der Waals surface area contributed by atoms with E-state index in [4.69, 9.17) is 0 Å². The van der Waals surface area contributed by atoms with E-state index in [2.05, 4.69) is 205 Å². The Bertz CT molecular complexity index is 2760. The topological polar surface area (TPSA) is 8.17 Å². The molecule has 0 N–H and O–H groups in total. The highest BCUT2D eigenvalue weighted by Crippen LogP contribution is 2.51. The number of para-hydroxylation sites is 1. The van der Waals surface area contributed by atoms with Gasteiger partial charge in [0.2, 0.25) is 0 Å². The molecule has 1 heterocycles. The predicted octanol–water partition coefficient (Wildman–Crippen LogP) is 13.4. The van der Waals surface area contributed by atoms with E-state index in [0.29, 0.717) is 0 Å². The summed E-state index contributed by atoms with van der Waals surface area (Å²) in [4.78, 5) is 2.42. The van der Waals surface area contributed by atoms with Gasteiger partial charge in [0, 0.05) is 38.6 Å². The van der Waals surface area contributed by atoms with Crippen LogP contribution in [0, 0.1) is 0 Å². The lowest BCUT2D eigenvalue weighted by Gasteiger charge is -2.27. The summed E-state index contributed by atoms with van der Waals surface area (Å²) in [7, 11) is 0. The lowest BCUT2D eigenvalue weighted by atomic mass is 9.82. The molecule has 1 aliphatic carbocycles. The molecular weight excluding hydrogens is 617 g/mol. The zero-order valence-electron chi connectivity index (χ0n) is 28.7. The van der Waals surface area contributed by atoms with Gasteiger partial charge < -0.3 is 9.47 Å². The quantitative estimate of drug-likeness (QED) is 0.180. The van der Waals surface area contributed by atoms with E-state index >= 15 is 0 Å². The van der Waals surface area contributed by atoms with Crippen LogP contribution < -0.4 is 4.90 Å². The summed E-state index contributed by atoms with van der Waals surface area (Å²) < 4.78 is 2.43. The Labute approximate surface area is 298 Å². The summed E-state index contributed by atoms with van der Waals surface area (Å²) in [6.45, 7) is 4.69. The predicted molar refractivity (Wildman–Crippen MR) is 216 cm³/mol. The van der Waals surface area contributed by atoms with Gasteiger partial charge in [-0.15, -0.1) is 0 Å². The third kappa shape index (κ3) is 4.57. The van der Waals surface area contributed by atoms with E-state index in [1.807, 2.05) is 0 Å². The minimum absolute atomic E-state index is 0.0467. The SMILES string of the molecule is CC1(C)c2ccccc2-c2cc(N(c3ccc(-c4ccccc4)cc3)c3ccc4c(c3)c3ccccc3n4-c3cccc4ccccc34)ccc21. The molecule has 0 radical (unpaired) electrons. The number of aromatic nitrogens is 1. The fraction of sp³-hybridized carbons (Fsp3) is 0.0612. The molecule has 0 unspecified atom stereocenters. The zero-order valence-corrected chi connectivity index (χ0v) is 28.7. The molecule has 9 aromatic rings. The zero-order chi connectivity index (χ0) is 34.1. The van der Waals surface area contributed by atoms with Crippen LogP contribution in [0.2, 0.25) is 0 Å². The average Bonchev–Trinajstić information content (AvgIpc) is 3.63. The van der Waals surface area contributed by atoms with Gasteiger partial charge in [-0.1, -0.05) is 141 Å². The number of hydrogen-bond donors (Lipinski definition) is 0. The largest absolute Gasteiger partial charge is 0.310 e. The Morgan fingerprint density at radius 3 is 1.88 bits per heavy atom. The second-order valence-corrected chi connectivity index (χ2v) is 14.2. The molecule has 0 amide bonds. The summed E-state index contributed by atoms with van der Waals surface area (Å²) in [5, 5.41) is 4.96. The van der Waals surface area contributed by atoms with Gasteiger partial charge in [0.25, 0.3) is 0 Å². The number of fused-ring (bicyclic) bond motifs is 7. The van der Waals surface area contributed by atoms with E-state index in [1.54, 1.807) is 0 Å². The molecule has 2 nitrogen and oxygen atoms in total. The lowest BCUT2D eigenvalue weighted by molar-refractivity contribution is 0.660. The number of hydrogen-bond acceptors (Lipinski definition) is 1. The summed E-state index contributed by atoms with van der Waals surface area (Å²) in [6.07, 6.45) is 0. The minimum atomic E-state index is -0.0467. The second-order valence-electron chi connectivity index (χ2n) is 14.2. The van der Waals surface area contributed by atoms with E-state index < -0.39 is 0 Å². The van der Waals surface area contributed by atoms with Crippen LogP contribution in [0.3, 0.4) is 0 Å². The summed E-state index contributed by atoms with van der Waals surface area (Å²) >= 11 is 0.